The zero-order valence-corrected chi connectivity index (χ0v) is 33.6. The van der Waals surface area contributed by atoms with E-state index in [4.69, 9.17) is 13.3 Å². The second-order valence-electron chi connectivity index (χ2n) is 16.8. The van der Waals surface area contributed by atoms with Crippen molar-refractivity contribution in [2.24, 2.45) is 0 Å². The summed E-state index contributed by atoms with van der Waals surface area (Å²) in [7, 11) is 0. The molecule has 0 unspecified atom stereocenters. The van der Waals surface area contributed by atoms with E-state index in [2.05, 4.69) is 183 Å². The van der Waals surface area contributed by atoms with Gasteiger partial charge in [-0.15, -0.1) is 0 Å². The van der Waals surface area contributed by atoms with Gasteiger partial charge in [-0.3, -0.25) is 0 Å². The van der Waals surface area contributed by atoms with Crippen LogP contribution in [0.2, 0.25) is 0 Å². The molecule has 13 rings (SSSR count). The number of benzene rings is 9. The molecular formula is C57H37NO3. The highest BCUT2D eigenvalue weighted by Crippen LogP contribution is 2.51. The summed E-state index contributed by atoms with van der Waals surface area (Å²) in [5, 5.41) is 6.21. The van der Waals surface area contributed by atoms with Crippen molar-refractivity contribution in [2.45, 2.75) is 19.3 Å². The van der Waals surface area contributed by atoms with E-state index >= 15 is 0 Å². The lowest BCUT2D eigenvalue weighted by atomic mass is 9.82. The van der Waals surface area contributed by atoms with Crippen LogP contribution in [0.25, 0.3) is 99.2 Å². The monoisotopic (exact) mass is 783 g/mol. The van der Waals surface area contributed by atoms with Crippen LogP contribution in [0.3, 0.4) is 0 Å². The fraction of sp³-hybridized carbons (Fsp3) is 0.0526. The summed E-state index contributed by atoms with van der Waals surface area (Å²) in [6.45, 7) is 4.68. The Morgan fingerprint density at radius 3 is 1.74 bits per heavy atom. The third-order valence-electron chi connectivity index (χ3n) is 13.1. The van der Waals surface area contributed by atoms with Gasteiger partial charge in [-0.1, -0.05) is 135 Å². The van der Waals surface area contributed by atoms with E-state index in [1.165, 1.54) is 33.4 Å². The van der Waals surface area contributed by atoms with Crippen LogP contribution in [0.15, 0.2) is 201 Å². The number of para-hydroxylation sites is 2. The first-order valence-electron chi connectivity index (χ1n) is 20.9. The van der Waals surface area contributed by atoms with Gasteiger partial charge in [0.2, 0.25) is 0 Å². The molecule has 288 valence electrons. The van der Waals surface area contributed by atoms with Gasteiger partial charge in [0.1, 0.15) is 33.5 Å². The molecule has 3 aromatic heterocycles. The van der Waals surface area contributed by atoms with E-state index in [0.29, 0.717) is 0 Å². The average molecular weight is 784 g/mol. The van der Waals surface area contributed by atoms with Gasteiger partial charge in [0.25, 0.3) is 0 Å². The van der Waals surface area contributed by atoms with E-state index in [1.807, 2.05) is 24.3 Å². The van der Waals surface area contributed by atoms with Crippen LogP contribution in [-0.4, -0.2) is 0 Å². The summed E-state index contributed by atoms with van der Waals surface area (Å²) in [6, 6.07) is 66.9. The molecule has 0 amide bonds. The van der Waals surface area contributed by atoms with Crippen molar-refractivity contribution in [1.29, 1.82) is 0 Å². The van der Waals surface area contributed by atoms with Gasteiger partial charge in [0, 0.05) is 55.0 Å². The largest absolute Gasteiger partial charge is 0.456 e. The van der Waals surface area contributed by atoms with E-state index in [9.17, 15) is 0 Å². The zero-order chi connectivity index (χ0) is 40.4. The summed E-state index contributed by atoms with van der Waals surface area (Å²) in [5.41, 5.74) is 17.8. The van der Waals surface area contributed by atoms with Gasteiger partial charge >= 0.3 is 0 Å². The van der Waals surface area contributed by atoms with E-state index in [-0.39, 0.29) is 5.41 Å². The fourth-order valence-corrected chi connectivity index (χ4v) is 10.1. The number of hydrogen-bond donors (Lipinski definition) is 0. The molecule has 0 atom stereocenters. The highest BCUT2D eigenvalue weighted by atomic mass is 16.3. The molecule has 9 aromatic carbocycles. The van der Waals surface area contributed by atoms with Crippen LogP contribution in [-0.2, 0) is 5.41 Å². The van der Waals surface area contributed by atoms with Crippen LogP contribution in [0.4, 0.5) is 17.1 Å². The molecule has 0 bridgehead atoms. The number of furan rings is 3. The van der Waals surface area contributed by atoms with Crippen molar-refractivity contribution in [3.05, 3.63) is 199 Å². The molecule has 0 aliphatic heterocycles. The molecule has 61 heavy (non-hydrogen) atoms. The van der Waals surface area contributed by atoms with Crippen molar-refractivity contribution >= 4 is 82.9 Å². The molecule has 0 fully saturated rings. The number of nitrogens with zero attached hydrogens (tertiary/aromatic N) is 1. The minimum atomic E-state index is -0.127. The molecule has 3 heterocycles. The summed E-state index contributed by atoms with van der Waals surface area (Å²) < 4.78 is 20.1. The first-order valence-corrected chi connectivity index (χ1v) is 20.9. The van der Waals surface area contributed by atoms with Crippen LogP contribution in [0.1, 0.15) is 25.0 Å². The highest BCUT2D eigenvalue weighted by molar-refractivity contribution is 6.33. The average Bonchev–Trinajstić information content (AvgIpc) is 4.05. The lowest BCUT2D eigenvalue weighted by molar-refractivity contribution is 0.660. The van der Waals surface area contributed by atoms with Crippen LogP contribution in [0, 0.1) is 0 Å². The van der Waals surface area contributed by atoms with E-state index in [0.717, 1.165) is 94.0 Å². The molecule has 0 saturated heterocycles. The molecule has 4 heteroatoms. The quantitative estimate of drug-likeness (QED) is 0.174. The lowest BCUT2D eigenvalue weighted by Gasteiger charge is -2.28. The molecule has 0 spiro atoms. The van der Waals surface area contributed by atoms with Crippen LogP contribution < -0.4 is 4.90 Å². The Morgan fingerprint density at radius 1 is 0.344 bits per heavy atom. The van der Waals surface area contributed by atoms with Gasteiger partial charge < -0.3 is 18.2 Å². The molecule has 4 nitrogen and oxygen atoms in total. The maximum atomic E-state index is 6.81. The molecule has 12 aromatic rings. The summed E-state index contributed by atoms with van der Waals surface area (Å²) in [5.74, 6) is 0. The van der Waals surface area contributed by atoms with Crippen LogP contribution in [0.5, 0.6) is 0 Å². The Hall–Kier alpha value is -7.82. The Kier molecular flexibility index (Phi) is 7.04. The van der Waals surface area contributed by atoms with Crippen molar-refractivity contribution < 1.29 is 13.3 Å². The first-order chi connectivity index (χ1) is 30.0. The first kappa shape index (κ1) is 34.1. The number of rotatable bonds is 5. The SMILES string of the molecule is CC1(C)c2ccccc2-c2ccc(N(c3ccc(-c4ccccc4)cc3)c3ccc(-c4cc5oc6ccc7c8ccccc8oc7c6c5c5c4oc4ccccc45)cc3)cc21. The van der Waals surface area contributed by atoms with Crippen molar-refractivity contribution in [3.63, 3.8) is 0 Å². The maximum absolute atomic E-state index is 6.81. The maximum Gasteiger partial charge on any atom is 0.147 e. The van der Waals surface area contributed by atoms with Gasteiger partial charge in [0.15, 0.2) is 0 Å². The lowest BCUT2D eigenvalue weighted by Crippen LogP contribution is -2.16. The normalized spacial score (nSPS) is 13.2. The predicted octanol–water partition coefficient (Wildman–Crippen LogP) is 16.5. The van der Waals surface area contributed by atoms with Gasteiger partial charge in [-0.25, -0.2) is 0 Å². The second kappa shape index (κ2) is 12.6. The summed E-state index contributed by atoms with van der Waals surface area (Å²) in [6.07, 6.45) is 0. The van der Waals surface area contributed by atoms with E-state index < -0.39 is 0 Å². The minimum Gasteiger partial charge on any atom is -0.456 e. The summed E-state index contributed by atoms with van der Waals surface area (Å²) in [4.78, 5) is 2.37. The van der Waals surface area contributed by atoms with Crippen molar-refractivity contribution in [2.75, 3.05) is 4.90 Å². The van der Waals surface area contributed by atoms with Gasteiger partial charge in [0.05, 0.1) is 5.39 Å². The van der Waals surface area contributed by atoms with Crippen LogP contribution >= 0.6 is 0 Å². The Balaban J connectivity index is 0.985. The third-order valence-corrected chi connectivity index (χ3v) is 13.1. The topological polar surface area (TPSA) is 42.7 Å². The van der Waals surface area contributed by atoms with Crippen molar-refractivity contribution in [1.82, 2.24) is 0 Å². The Morgan fingerprint density at radius 2 is 0.951 bits per heavy atom. The fourth-order valence-electron chi connectivity index (χ4n) is 10.1. The third kappa shape index (κ3) is 4.93. The number of anilines is 3. The molecule has 1 aliphatic rings. The number of fused-ring (bicyclic) bond motifs is 14. The van der Waals surface area contributed by atoms with Gasteiger partial charge in [-0.05, 0) is 106 Å². The highest BCUT2D eigenvalue weighted by Gasteiger charge is 2.36. The molecular weight excluding hydrogens is 747 g/mol. The standard InChI is InChI=1S/C57H37NO3/c1-57(2)46-17-9-6-14-40(46)41-29-28-39(32-47(41)57)58(37-24-20-35(21-25-37)34-12-4-3-5-13-34)38-26-22-36(23-27-38)45-33-51-53(52-44-16-8-11-19-49(44)61-56(45)52)54-50(59-51)31-30-43-42-15-7-10-18-48(42)60-55(43)54/h3-33H,1-2H3. The minimum absolute atomic E-state index is 0.127. The number of hydrogen-bond acceptors (Lipinski definition) is 4. The van der Waals surface area contributed by atoms with Crippen molar-refractivity contribution in [3.8, 4) is 33.4 Å². The molecule has 1 aliphatic carbocycles. The molecule has 0 saturated carbocycles. The van der Waals surface area contributed by atoms with Gasteiger partial charge in [-0.2, -0.15) is 0 Å². The molecule has 0 radical (unpaired) electrons. The second-order valence-corrected chi connectivity index (χ2v) is 16.8. The predicted molar refractivity (Wildman–Crippen MR) is 251 cm³/mol. The summed E-state index contributed by atoms with van der Waals surface area (Å²) >= 11 is 0. The zero-order valence-electron chi connectivity index (χ0n) is 33.6. The Bertz CT molecular complexity index is 3720. The molecule has 0 N–H and O–H groups in total. The smallest absolute Gasteiger partial charge is 0.147 e. The van der Waals surface area contributed by atoms with E-state index in [1.54, 1.807) is 0 Å². The Labute approximate surface area is 351 Å².